The van der Waals surface area contributed by atoms with Crippen LogP contribution in [0.25, 0.3) is 43.6 Å². The summed E-state index contributed by atoms with van der Waals surface area (Å²) in [5, 5.41) is 8.48. The number of fused-ring (bicyclic) bond motifs is 5. The van der Waals surface area contributed by atoms with Gasteiger partial charge in [-0.15, -0.1) is 0 Å². The van der Waals surface area contributed by atoms with Crippen LogP contribution in [0.4, 0.5) is 0 Å². The van der Waals surface area contributed by atoms with E-state index in [1.165, 1.54) is 70.1 Å². The maximum absolute atomic E-state index is 2.53. The molecule has 0 bridgehead atoms. The summed E-state index contributed by atoms with van der Waals surface area (Å²) in [5.41, 5.74) is 7.03. The molecule has 3 heteroatoms. The molecule has 2 heterocycles. The van der Waals surface area contributed by atoms with Gasteiger partial charge in [-0.3, -0.25) is 0 Å². The van der Waals surface area contributed by atoms with Crippen LogP contribution >= 0.6 is 11.8 Å². The van der Waals surface area contributed by atoms with Crippen LogP contribution in [-0.4, -0.2) is 13.3 Å². The Bertz CT molecular complexity index is 1750. The van der Waals surface area contributed by atoms with Gasteiger partial charge in [0.15, 0.2) is 0 Å². The minimum atomic E-state index is -2.06. The van der Waals surface area contributed by atoms with Crippen molar-refractivity contribution in [1.29, 1.82) is 0 Å². The van der Waals surface area contributed by atoms with Gasteiger partial charge < -0.3 is 0 Å². The maximum atomic E-state index is 2.53. The van der Waals surface area contributed by atoms with Gasteiger partial charge >= 0.3 is 223 Å². The Kier molecular flexibility index (Phi) is 5.25. The van der Waals surface area contributed by atoms with Crippen molar-refractivity contribution in [3.05, 3.63) is 71.4 Å². The first-order valence-corrected chi connectivity index (χ1v) is 21.2. The van der Waals surface area contributed by atoms with Crippen LogP contribution in [-0.2, 0) is 12.5 Å². The number of hydrogen-bond donors (Lipinski definition) is 0. The molecule has 1 nitrogen and oxygen atoms in total. The summed E-state index contributed by atoms with van der Waals surface area (Å²) in [5.74, 6) is 7.54. The molecule has 0 radical (unpaired) electrons. The van der Waals surface area contributed by atoms with Crippen molar-refractivity contribution in [2.24, 2.45) is 7.05 Å². The Hall–Kier alpha value is -2.30. The van der Waals surface area contributed by atoms with Crippen molar-refractivity contribution in [2.45, 2.75) is 67.1 Å². The first-order chi connectivity index (χ1) is 16.9. The average Bonchev–Trinajstić information content (AvgIpc) is 2.79. The average molecular weight is 551 g/mol. The van der Waals surface area contributed by atoms with Crippen molar-refractivity contribution in [3.8, 4) is 11.3 Å². The second-order valence-electron chi connectivity index (χ2n) is 12.7. The summed E-state index contributed by atoms with van der Waals surface area (Å²) in [6, 6.07) is 18.9. The van der Waals surface area contributed by atoms with E-state index >= 15 is 0 Å². The van der Waals surface area contributed by atoms with E-state index in [0.717, 1.165) is 0 Å². The Labute approximate surface area is 222 Å². The van der Waals surface area contributed by atoms with Gasteiger partial charge in [-0.1, -0.05) is 0 Å². The molecule has 0 fully saturated rings. The molecule has 0 N–H and O–H groups in total. The quantitative estimate of drug-likeness (QED) is 0.113. The summed E-state index contributed by atoms with van der Waals surface area (Å²) in [7, 11) is 2.22. The molecule has 1 aliphatic rings. The van der Waals surface area contributed by atoms with Crippen molar-refractivity contribution in [2.75, 3.05) is 0 Å². The van der Waals surface area contributed by atoms with Crippen molar-refractivity contribution < 1.29 is 4.57 Å². The van der Waals surface area contributed by atoms with Gasteiger partial charge in [-0.05, 0) is 0 Å². The number of benzene rings is 4. The van der Waals surface area contributed by atoms with Crippen LogP contribution < -0.4 is 8.96 Å². The third-order valence-corrected chi connectivity index (χ3v) is 13.4. The summed E-state index contributed by atoms with van der Waals surface area (Å²) < 4.78 is 3.97. The van der Waals surface area contributed by atoms with Crippen LogP contribution in [0.15, 0.2) is 64.5 Å². The Morgan fingerprint density at radius 1 is 0.806 bits per heavy atom. The minimum absolute atomic E-state index is 0.0328. The van der Waals surface area contributed by atoms with Gasteiger partial charge in [0.25, 0.3) is 0 Å². The molecule has 6 rings (SSSR count). The topological polar surface area (TPSA) is 3.88 Å². The molecular weight excluding hydrogens is 515 g/mol. The molecular formula is C33H36GeNS+. The molecule has 1 aromatic heterocycles. The van der Waals surface area contributed by atoms with E-state index in [0.29, 0.717) is 0 Å². The Morgan fingerprint density at radius 2 is 1.56 bits per heavy atom. The van der Waals surface area contributed by atoms with E-state index in [1.807, 2.05) is 11.8 Å². The molecule has 0 atom stereocenters. The molecule has 5 aromatic rings. The molecule has 0 saturated heterocycles. The summed E-state index contributed by atoms with van der Waals surface area (Å²) >= 11 is -0.0489. The molecule has 4 aromatic carbocycles. The number of nitrogens with zero attached hydrogens (tertiary/aromatic N) is 1. The van der Waals surface area contributed by atoms with Crippen LogP contribution in [0.5, 0.6) is 0 Å². The second kappa shape index (κ2) is 7.85. The van der Waals surface area contributed by atoms with Crippen LogP contribution in [0.2, 0.25) is 17.3 Å². The third-order valence-electron chi connectivity index (χ3n) is 7.93. The molecule has 36 heavy (non-hydrogen) atoms. The Morgan fingerprint density at radius 3 is 2.25 bits per heavy atom. The third kappa shape index (κ3) is 3.40. The zero-order valence-corrected chi connectivity index (χ0v) is 26.0. The van der Waals surface area contributed by atoms with Gasteiger partial charge in [-0.2, -0.15) is 0 Å². The number of rotatable bonds is 1. The van der Waals surface area contributed by atoms with E-state index in [4.69, 9.17) is 0 Å². The fourth-order valence-electron chi connectivity index (χ4n) is 6.30. The fraction of sp³-hybridized carbons (Fsp3) is 0.303. The standard InChI is InChI=1S/C33H36GeNS/c1-19-13-14-23-24(17-19)20(2)28-31-29-22(15-16-35(31)9)21-11-10-12-26(34(6,7)8)25(21)18-27(29)36-32(28)30(23)33(3,4)5/h10-18H,1-9H3/q+1. The fourth-order valence-corrected chi connectivity index (χ4v) is 11.3. The van der Waals surface area contributed by atoms with Crippen LogP contribution in [0.3, 0.4) is 0 Å². The summed E-state index contributed by atoms with van der Waals surface area (Å²) in [6.45, 7) is 11.7. The van der Waals surface area contributed by atoms with Gasteiger partial charge in [0.2, 0.25) is 0 Å². The van der Waals surface area contributed by atoms with Crippen molar-refractivity contribution in [3.63, 3.8) is 0 Å². The Balaban J connectivity index is 1.85. The van der Waals surface area contributed by atoms with E-state index in [1.54, 1.807) is 4.40 Å². The normalized spacial score (nSPS) is 13.6. The zero-order chi connectivity index (χ0) is 25.7. The van der Waals surface area contributed by atoms with E-state index < -0.39 is 13.3 Å². The molecule has 0 amide bonds. The van der Waals surface area contributed by atoms with Crippen LogP contribution in [0, 0.1) is 13.8 Å². The van der Waals surface area contributed by atoms with E-state index in [-0.39, 0.29) is 5.41 Å². The predicted octanol–water partition coefficient (Wildman–Crippen LogP) is 8.56. The monoisotopic (exact) mass is 552 g/mol. The number of aromatic nitrogens is 1. The number of aryl methyl sites for hydroxylation is 3. The van der Waals surface area contributed by atoms with Gasteiger partial charge in [0.1, 0.15) is 0 Å². The first-order valence-electron chi connectivity index (χ1n) is 13.0. The molecule has 182 valence electrons. The van der Waals surface area contributed by atoms with Crippen molar-refractivity contribution in [1.82, 2.24) is 0 Å². The molecule has 0 spiro atoms. The van der Waals surface area contributed by atoms with Gasteiger partial charge in [0, 0.05) is 0 Å². The van der Waals surface area contributed by atoms with Gasteiger partial charge in [0.05, 0.1) is 0 Å². The van der Waals surface area contributed by atoms with Gasteiger partial charge in [-0.25, -0.2) is 0 Å². The second-order valence-corrected chi connectivity index (χ2v) is 24.3. The molecule has 0 unspecified atom stereocenters. The summed E-state index contributed by atoms with van der Waals surface area (Å²) in [6.07, 6.45) is 2.28. The SMILES string of the molecule is Cc1ccc2c(C(C)(C)C)c3c(c(C)c2c1)-c1c2c(cc4[c]([Ge]([CH3])([CH3])[CH3])cccc4c2cc[n+]1C)S3. The van der Waals surface area contributed by atoms with Crippen LogP contribution in [0.1, 0.15) is 37.5 Å². The van der Waals surface area contributed by atoms with E-state index in [2.05, 4.69) is 118 Å². The zero-order valence-electron chi connectivity index (χ0n) is 23.1. The van der Waals surface area contributed by atoms with Crippen molar-refractivity contribution >= 4 is 61.7 Å². The summed E-state index contributed by atoms with van der Waals surface area (Å²) in [4.78, 5) is 2.85. The number of pyridine rings is 1. The van der Waals surface area contributed by atoms with E-state index in [9.17, 15) is 0 Å². The molecule has 0 aliphatic carbocycles. The number of hydrogen-bond acceptors (Lipinski definition) is 1. The predicted molar refractivity (Wildman–Crippen MR) is 161 cm³/mol. The molecule has 1 aliphatic heterocycles. The molecule has 0 saturated carbocycles. The first kappa shape index (κ1) is 24.1.